The first kappa shape index (κ1) is 14.6. The summed E-state index contributed by atoms with van der Waals surface area (Å²) in [5.41, 5.74) is 5.19. The van der Waals surface area contributed by atoms with Crippen LogP contribution >= 0.6 is 0 Å². The van der Waals surface area contributed by atoms with Crippen molar-refractivity contribution in [3.63, 3.8) is 0 Å². The van der Waals surface area contributed by atoms with Gasteiger partial charge >= 0.3 is 0 Å². The Bertz CT molecular complexity index is 526. The molecule has 1 unspecified atom stereocenters. The van der Waals surface area contributed by atoms with Gasteiger partial charge in [-0.3, -0.25) is 0 Å². The zero-order valence-electron chi connectivity index (χ0n) is 12.9. The summed E-state index contributed by atoms with van der Waals surface area (Å²) >= 11 is 0. The highest BCUT2D eigenvalue weighted by Crippen LogP contribution is 2.15. The van der Waals surface area contributed by atoms with Gasteiger partial charge in [-0.1, -0.05) is 42.0 Å². The van der Waals surface area contributed by atoms with Crippen molar-refractivity contribution in [2.24, 2.45) is 0 Å². The van der Waals surface area contributed by atoms with E-state index >= 15 is 0 Å². The van der Waals surface area contributed by atoms with Crippen LogP contribution in [0.15, 0.2) is 48.5 Å². The van der Waals surface area contributed by atoms with Crippen LogP contribution in [0, 0.1) is 6.92 Å². The van der Waals surface area contributed by atoms with Crippen molar-refractivity contribution in [2.75, 3.05) is 19.0 Å². The first-order chi connectivity index (χ1) is 9.56. The lowest BCUT2D eigenvalue weighted by atomic mass is 10.1. The number of benzene rings is 2. The highest BCUT2D eigenvalue weighted by Gasteiger charge is 2.04. The van der Waals surface area contributed by atoms with Gasteiger partial charge in [-0.25, -0.2) is 0 Å². The molecule has 0 aliphatic carbocycles. The molecule has 1 N–H and O–H groups in total. The molecule has 0 saturated heterocycles. The second-order valence-corrected chi connectivity index (χ2v) is 5.57. The Balaban J connectivity index is 1.92. The molecule has 2 aromatic rings. The predicted molar refractivity (Wildman–Crippen MR) is 87.2 cm³/mol. The average molecular weight is 268 g/mol. The Morgan fingerprint density at radius 3 is 2.10 bits per heavy atom. The van der Waals surface area contributed by atoms with Gasteiger partial charge in [0, 0.05) is 32.4 Å². The maximum Gasteiger partial charge on any atom is 0.0361 e. The molecule has 0 saturated carbocycles. The SMILES string of the molecule is Cc1ccc(C(C)NCc2ccc(N(C)C)cc2)cc1. The molecule has 2 nitrogen and oxygen atoms in total. The molecule has 0 aliphatic heterocycles. The van der Waals surface area contributed by atoms with Gasteiger partial charge < -0.3 is 10.2 Å². The zero-order chi connectivity index (χ0) is 14.5. The van der Waals surface area contributed by atoms with E-state index in [0.29, 0.717) is 6.04 Å². The van der Waals surface area contributed by atoms with Gasteiger partial charge in [0.15, 0.2) is 0 Å². The molecule has 2 aromatic carbocycles. The van der Waals surface area contributed by atoms with E-state index in [9.17, 15) is 0 Å². The first-order valence-electron chi connectivity index (χ1n) is 7.12. The van der Waals surface area contributed by atoms with Crippen molar-refractivity contribution >= 4 is 5.69 Å². The zero-order valence-corrected chi connectivity index (χ0v) is 12.9. The molecule has 0 radical (unpaired) electrons. The van der Waals surface area contributed by atoms with Crippen LogP contribution in [-0.2, 0) is 6.54 Å². The Hall–Kier alpha value is -1.80. The van der Waals surface area contributed by atoms with Gasteiger partial charge in [0.2, 0.25) is 0 Å². The van der Waals surface area contributed by atoms with E-state index in [1.165, 1.54) is 22.4 Å². The molecule has 0 spiro atoms. The molecule has 0 heterocycles. The van der Waals surface area contributed by atoms with Crippen LogP contribution in [-0.4, -0.2) is 14.1 Å². The van der Waals surface area contributed by atoms with E-state index in [4.69, 9.17) is 0 Å². The number of nitrogens with zero attached hydrogens (tertiary/aromatic N) is 1. The lowest BCUT2D eigenvalue weighted by molar-refractivity contribution is 0.574. The van der Waals surface area contributed by atoms with Crippen molar-refractivity contribution < 1.29 is 0 Å². The van der Waals surface area contributed by atoms with Gasteiger partial charge in [0.1, 0.15) is 0 Å². The van der Waals surface area contributed by atoms with Crippen LogP contribution in [0.1, 0.15) is 29.7 Å². The first-order valence-corrected chi connectivity index (χ1v) is 7.12. The second-order valence-electron chi connectivity index (χ2n) is 5.57. The van der Waals surface area contributed by atoms with Gasteiger partial charge in [0.25, 0.3) is 0 Å². The lowest BCUT2D eigenvalue weighted by Crippen LogP contribution is -2.18. The molecule has 0 amide bonds. The molecule has 2 heteroatoms. The number of hydrogen-bond acceptors (Lipinski definition) is 2. The standard InChI is InChI=1S/C18H24N2/c1-14-5-9-17(10-6-14)15(2)19-13-16-7-11-18(12-8-16)20(3)4/h5-12,15,19H,13H2,1-4H3. The summed E-state index contributed by atoms with van der Waals surface area (Å²) in [6.07, 6.45) is 0. The van der Waals surface area contributed by atoms with Crippen LogP contribution in [0.2, 0.25) is 0 Å². The minimum atomic E-state index is 0.365. The van der Waals surface area contributed by atoms with Crippen LogP contribution < -0.4 is 10.2 Å². The fourth-order valence-corrected chi connectivity index (χ4v) is 2.16. The molecule has 2 rings (SSSR count). The highest BCUT2D eigenvalue weighted by atomic mass is 15.1. The third kappa shape index (κ3) is 3.84. The van der Waals surface area contributed by atoms with E-state index in [-0.39, 0.29) is 0 Å². The number of nitrogens with one attached hydrogen (secondary N) is 1. The van der Waals surface area contributed by atoms with Gasteiger partial charge in [-0.2, -0.15) is 0 Å². The Morgan fingerprint density at radius 2 is 1.55 bits per heavy atom. The van der Waals surface area contributed by atoms with Crippen LogP contribution in [0.5, 0.6) is 0 Å². The predicted octanol–water partition coefficient (Wildman–Crippen LogP) is 3.91. The average Bonchev–Trinajstić information content (AvgIpc) is 2.46. The second kappa shape index (κ2) is 6.58. The third-order valence-electron chi connectivity index (χ3n) is 3.64. The lowest BCUT2D eigenvalue weighted by Gasteiger charge is -2.16. The van der Waals surface area contributed by atoms with E-state index in [1.807, 2.05) is 0 Å². The summed E-state index contributed by atoms with van der Waals surface area (Å²) in [6, 6.07) is 17.8. The number of anilines is 1. The summed E-state index contributed by atoms with van der Waals surface area (Å²) in [4.78, 5) is 2.12. The molecule has 106 valence electrons. The number of aryl methyl sites for hydroxylation is 1. The Kier molecular flexibility index (Phi) is 4.80. The minimum Gasteiger partial charge on any atom is -0.378 e. The Morgan fingerprint density at radius 1 is 0.950 bits per heavy atom. The monoisotopic (exact) mass is 268 g/mol. The van der Waals surface area contributed by atoms with Crippen molar-refractivity contribution in [3.8, 4) is 0 Å². The largest absolute Gasteiger partial charge is 0.378 e. The van der Waals surface area contributed by atoms with Gasteiger partial charge in [0.05, 0.1) is 0 Å². The molecule has 0 fully saturated rings. The molecule has 0 aliphatic rings. The molecule has 20 heavy (non-hydrogen) atoms. The maximum atomic E-state index is 3.57. The third-order valence-corrected chi connectivity index (χ3v) is 3.64. The van der Waals surface area contributed by atoms with Gasteiger partial charge in [-0.15, -0.1) is 0 Å². The molecular weight excluding hydrogens is 244 g/mol. The molecule has 0 bridgehead atoms. The smallest absolute Gasteiger partial charge is 0.0361 e. The van der Waals surface area contributed by atoms with Crippen molar-refractivity contribution in [1.29, 1.82) is 0 Å². The molecule has 0 aromatic heterocycles. The summed E-state index contributed by atoms with van der Waals surface area (Å²) < 4.78 is 0. The van der Waals surface area contributed by atoms with E-state index in [1.54, 1.807) is 0 Å². The number of rotatable bonds is 5. The van der Waals surface area contributed by atoms with Gasteiger partial charge in [-0.05, 0) is 37.1 Å². The van der Waals surface area contributed by atoms with Crippen molar-refractivity contribution in [1.82, 2.24) is 5.32 Å². The fourth-order valence-electron chi connectivity index (χ4n) is 2.16. The topological polar surface area (TPSA) is 15.3 Å². The Labute approximate surface area is 122 Å². The van der Waals surface area contributed by atoms with Crippen molar-refractivity contribution in [2.45, 2.75) is 26.4 Å². The van der Waals surface area contributed by atoms with E-state index in [2.05, 4.69) is 86.7 Å². The number of hydrogen-bond donors (Lipinski definition) is 1. The summed E-state index contributed by atoms with van der Waals surface area (Å²) in [7, 11) is 4.12. The van der Waals surface area contributed by atoms with Crippen LogP contribution in [0.3, 0.4) is 0 Å². The summed E-state index contributed by atoms with van der Waals surface area (Å²) in [5.74, 6) is 0. The molecular formula is C18H24N2. The summed E-state index contributed by atoms with van der Waals surface area (Å²) in [5, 5.41) is 3.57. The van der Waals surface area contributed by atoms with Crippen LogP contribution in [0.4, 0.5) is 5.69 Å². The highest BCUT2D eigenvalue weighted by molar-refractivity contribution is 5.46. The van der Waals surface area contributed by atoms with E-state index < -0.39 is 0 Å². The maximum absolute atomic E-state index is 3.57. The summed E-state index contributed by atoms with van der Waals surface area (Å²) in [6.45, 7) is 5.22. The van der Waals surface area contributed by atoms with Crippen molar-refractivity contribution in [3.05, 3.63) is 65.2 Å². The van der Waals surface area contributed by atoms with E-state index in [0.717, 1.165) is 6.54 Å². The quantitative estimate of drug-likeness (QED) is 0.884. The van der Waals surface area contributed by atoms with Crippen LogP contribution in [0.25, 0.3) is 0 Å². The minimum absolute atomic E-state index is 0.365. The normalized spacial score (nSPS) is 12.2. The molecule has 1 atom stereocenters. The fraction of sp³-hybridized carbons (Fsp3) is 0.333.